The maximum Gasteiger partial charge on any atom is 0.277 e. The summed E-state index contributed by atoms with van der Waals surface area (Å²) in [4.78, 5) is 18.8. The van der Waals surface area contributed by atoms with Crippen LogP contribution in [0.4, 0.5) is 0 Å². The minimum absolute atomic E-state index is 0.170. The molecule has 3 aliphatic heterocycles. The Morgan fingerprint density at radius 3 is 3.11 bits per heavy atom. The Morgan fingerprint density at radius 2 is 2.37 bits per heavy atom. The molecule has 3 rings (SSSR count). The first-order valence-corrected chi connectivity index (χ1v) is 6.12. The molecule has 1 fully saturated rings. The van der Waals surface area contributed by atoms with E-state index in [9.17, 15) is 9.90 Å². The van der Waals surface area contributed by atoms with E-state index in [-0.39, 0.29) is 6.61 Å². The molecule has 0 spiro atoms. The summed E-state index contributed by atoms with van der Waals surface area (Å²) in [5, 5.41) is 19.0. The van der Waals surface area contributed by atoms with Crippen LogP contribution in [0.5, 0.6) is 0 Å². The fourth-order valence-electron chi connectivity index (χ4n) is 2.40. The van der Waals surface area contributed by atoms with Crippen molar-refractivity contribution in [3.8, 4) is 11.4 Å². The SMILES string of the molecule is O=c1nc2[nH]cccc-2cc1[C@@H]1O[C@H](CO)C[C@@H]1O. The number of rotatable bonds is 2. The van der Waals surface area contributed by atoms with Crippen LogP contribution in [0.2, 0.25) is 0 Å². The van der Waals surface area contributed by atoms with Crippen molar-refractivity contribution in [2.45, 2.75) is 24.7 Å². The highest BCUT2D eigenvalue weighted by Crippen LogP contribution is 2.32. The Hall–Kier alpha value is -1.76. The zero-order chi connectivity index (χ0) is 13.4. The van der Waals surface area contributed by atoms with Gasteiger partial charge < -0.3 is 19.9 Å². The first kappa shape index (κ1) is 12.3. The molecular weight excluding hydrogens is 248 g/mol. The molecule has 3 N–H and O–H groups in total. The van der Waals surface area contributed by atoms with E-state index in [1.165, 1.54) is 0 Å². The maximum absolute atomic E-state index is 12.0. The highest BCUT2D eigenvalue weighted by atomic mass is 16.5. The quantitative estimate of drug-likeness (QED) is 0.711. The molecule has 0 aromatic rings. The largest absolute Gasteiger partial charge is 0.394 e. The van der Waals surface area contributed by atoms with Gasteiger partial charge in [0.05, 0.1) is 24.4 Å². The molecule has 0 aliphatic carbocycles. The van der Waals surface area contributed by atoms with Crippen LogP contribution in [0.25, 0.3) is 11.4 Å². The minimum atomic E-state index is -0.795. The van der Waals surface area contributed by atoms with Gasteiger partial charge in [-0.1, -0.05) is 0 Å². The summed E-state index contributed by atoms with van der Waals surface area (Å²) in [6.45, 7) is -0.170. The van der Waals surface area contributed by atoms with E-state index in [4.69, 9.17) is 9.84 Å². The monoisotopic (exact) mass is 262 g/mol. The number of aliphatic hydroxyl groups is 2. The summed E-state index contributed by atoms with van der Waals surface area (Å²) < 4.78 is 5.49. The number of aromatic nitrogens is 2. The molecule has 0 saturated carbocycles. The zero-order valence-electron chi connectivity index (χ0n) is 10.1. The topological polar surface area (TPSA) is 95.4 Å². The number of H-pyrrole nitrogens is 1. The van der Waals surface area contributed by atoms with Crippen LogP contribution in [0.15, 0.2) is 29.2 Å². The highest BCUT2D eigenvalue weighted by molar-refractivity contribution is 5.56. The maximum atomic E-state index is 12.0. The molecule has 0 unspecified atom stereocenters. The Morgan fingerprint density at radius 1 is 1.53 bits per heavy atom. The number of pyridine rings is 2. The molecule has 3 aliphatic rings. The highest BCUT2D eigenvalue weighted by Gasteiger charge is 2.36. The lowest BCUT2D eigenvalue weighted by Gasteiger charge is -2.15. The van der Waals surface area contributed by atoms with Crippen LogP contribution >= 0.6 is 0 Å². The van der Waals surface area contributed by atoms with Gasteiger partial charge in [-0.05, 0) is 18.2 Å². The standard InChI is InChI=1S/C13H14N2O4/c16-6-8-5-10(17)11(19-8)9-4-7-2-1-3-14-12(7)15-13(9)18/h1-4,8,10-11,16-17H,5-6H2,(H,14,15,18)/t8-,10-,11-/m0/s1. The van der Waals surface area contributed by atoms with E-state index in [0.717, 1.165) is 5.56 Å². The zero-order valence-corrected chi connectivity index (χ0v) is 10.1. The van der Waals surface area contributed by atoms with Gasteiger partial charge in [0.25, 0.3) is 5.56 Å². The van der Waals surface area contributed by atoms with E-state index in [0.29, 0.717) is 17.8 Å². The van der Waals surface area contributed by atoms with E-state index in [2.05, 4.69) is 9.97 Å². The number of nitrogens with zero attached hydrogens (tertiary/aromatic N) is 1. The number of aromatic amines is 1. The number of aliphatic hydroxyl groups excluding tert-OH is 2. The summed E-state index contributed by atoms with van der Waals surface area (Å²) >= 11 is 0. The molecule has 19 heavy (non-hydrogen) atoms. The van der Waals surface area contributed by atoms with Crippen molar-refractivity contribution >= 4 is 0 Å². The van der Waals surface area contributed by atoms with Gasteiger partial charge in [-0.3, -0.25) is 4.79 Å². The average molecular weight is 262 g/mol. The number of ether oxygens (including phenoxy) is 1. The fourth-order valence-corrected chi connectivity index (χ4v) is 2.40. The van der Waals surface area contributed by atoms with Crippen molar-refractivity contribution in [1.82, 2.24) is 9.97 Å². The van der Waals surface area contributed by atoms with Crippen LogP contribution in [0, 0.1) is 0 Å². The van der Waals surface area contributed by atoms with E-state index in [1.807, 2.05) is 6.07 Å². The second-order valence-corrected chi connectivity index (χ2v) is 4.66. The molecule has 0 bridgehead atoms. The van der Waals surface area contributed by atoms with Crippen molar-refractivity contribution in [2.75, 3.05) is 6.61 Å². The number of hydrogen-bond acceptors (Lipinski definition) is 5. The summed E-state index contributed by atoms with van der Waals surface area (Å²) in [6.07, 6.45) is 0.0625. The lowest BCUT2D eigenvalue weighted by Crippen LogP contribution is -2.23. The van der Waals surface area contributed by atoms with E-state index >= 15 is 0 Å². The second kappa shape index (κ2) is 4.73. The normalized spacial score (nSPS) is 26.9. The molecule has 0 radical (unpaired) electrons. The average Bonchev–Trinajstić information content (AvgIpc) is 2.79. The first-order valence-electron chi connectivity index (χ1n) is 6.12. The predicted molar refractivity (Wildman–Crippen MR) is 66.8 cm³/mol. The summed E-state index contributed by atoms with van der Waals surface area (Å²) in [7, 11) is 0. The Balaban J connectivity index is 2.04. The fraction of sp³-hybridized carbons (Fsp3) is 0.385. The number of fused-ring (bicyclic) bond motifs is 1. The van der Waals surface area contributed by atoms with Crippen LogP contribution in [0.1, 0.15) is 18.1 Å². The molecule has 3 atom stereocenters. The van der Waals surface area contributed by atoms with Crippen LogP contribution < -0.4 is 5.56 Å². The van der Waals surface area contributed by atoms with Gasteiger partial charge in [0.2, 0.25) is 0 Å². The van der Waals surface area contributed by atoms with Crippen LogP contribution in [-0.4, -0.2) is 39.0 Å². The lowest BCUT2D eigenvalue weighted by molar-refractivity contribution is -0.0114. The van der Waals surface area contributed by atoms with Gasteiger partial charge in [0.15, 0.2) is 0 Å². The van der Waals surface area contributed by atoms with Crippen molar-refractivity contribution in [1.29, 1.82) is 0 Å². The molecule has 0 aromatic carbocycles. The minimum Gasteiger partial charge on any atom is -0.394 e. The third-order valence-electron chi connectivity index (χ3n) is 3.34. The lowest BCUT2D eigenvalue weighted by atomic mass is 10.0. The summed E-state index contributed by atoms with van der Waals surface area (Å²) in [5.41, 5.74) is 0.688. The molecule has 100 valence electrons. The third kappa shape index (κ3) is 2.14. The second-order valence-electron chi connectivity index (χ2n) is 4.66. The van der Waals surface area contributed by atoms with Crippen molar-refractivity contribution in [2.24, 2.45) is 0 Å². The van der Waals surface area contributed by atoms with Gasteiger partial charge in [-0.2, -0.15) is 4.98 Å². The van der Waals surface area contributed by atoms with E-state index < -0.39 is 23.9 Å². The number of hydrogen-bond donors (Lipinski definition) is 3. The Labute approximate surface area is 109 Å². The molecule has 0 aromatic heterocycles. The van der Waals surface area contributed by atoms with Gasteiger partial charge in [0.1, 0.15) is 11.9 Å². The van der Waals surface area contributed by atoms with Crippen LogP contribution in [-0.2, 0) is 4.74 Å². The smallest absolute Gasteiger partial charge is 0.277 e. The molecule has 6 nitrogen and oxygen atoms in total. The van der Waals surface area contributed by atoms with Gasteiger partial charge >= 0.3 is 0 Å². The van der Waals surface area contributed by atoms with Gasteiger partial charge in [0, 0.05) is 18.2 Å². The number of nitrogens with one attached hydrogen (secondary N) is 1. The van der Waals surface area contributed by atoms with Gasteiger partial charge in [-0.15, -0.1) is 0 Å². The summed E-state index contributed by atoms with van der Waals surface area (Å²) in [6, 6.07) is 5.31. The molecular formula is C13H14N2O4. The Kier molecular flexibility index (Phi) is 3.06. The molecule has 1 saturated heterocycles. The van der Waals surface area contributed by atoms with Gasteiger partial charge in [-0.25, -0.2) is 0 Å². The third-order valence-corrected chi connectivity index (χ3v) is 3.34. The van der Waals surface area contributed by atoms with E-state index in [1.54, 1.807) is 18.3 Å². The van der Waals surface area contributed by atoms with Crippen molar-refractivity contribution < 1.29 is 14.9 Å². The summed E-state index contributed by atoms with van der Waals surface area (Å²) in [5.74, 6) is 0.502. The van der Waals surface area contributed by atoms with Crippen LogP contribution in [0.3, 0.4) is 0 Å². The molecule has 6 heteroatoms. The Bertz CT molecular complexity index is 612. The van der Waals surface area contributed by atoms with Crippen molar-refractivity contribution in [3.63, 3.8) is 0 Å². The van der Waals surface area contributed by atoms with Crippen molar-refractivity contribution in [3.05, 3.63) is 40.3 Å². The molecule has 0 amide bonds. The molecule has 3 heterocycles. The first-order chi connectivity index (χ1) is 9.19. The predicted octanol–water partition coefficient (Wildman–Crippen LogP) is 0.0579.